The Morgan fingerprint density at radius 3 is 2.43 bits per heavy atom. The summed E-state index contributed by atoms with van der Waals surface area (Å²) in [5.41, 5.74) is 0.808. The van der Waals surface area contributed by atoms with Gasteiger partial charge in [-0.1, -0.05) is 25.1 Å². The van der Waals surface area contributed by atoms with Crippen molar-refractivity contribution >= 4 is 16.0 Å². The summed E-state index contributed by atoms with van der Waals surface area (Å²) < 4.78 is 26.3. The van der Waals surface area contributed by atoms with E-state index in [1.807, 2.05) is 6.92 Å². The third kappa shape index (κ3) is 4.99. The van der Waals surface area contributed by atoms with Gasteiger partial charge >= 0.3 is 5.97 Å². The molecule has 0 saturated heterocycles. The van der Waals surface area contributed by atoms with E-state index < -0.39 is 16.0 Å². The highest BCUT2D eigenvalue weighted by Gasteiger charge is 2.22. The fourth-order valence-electron chi connectivity index (χ4n) is 1.93. The molecule has 0 amide bonds. The molecule has 0 aromatic heterocycles. The second-order valence-electron chi connectivity index (χ2n) is 4.69. The fourth-order valence-corrected chi connectivity index (χ4v) is 3.43. The maximum absolute atomic E-state index is 12.5. The van der Waals surface area contributed by atoms with E-state index in [1.165, 1.54) is 16.4 Å². The molecule has 0 spiro atoms. The molecular weight excluding hydrogens is 290 g/mol. The average molecular weight is 311 g/mol. The van der Waals surface area contributed by atoms with Crippen LogP contribution in [0.3, 0.4) is 0 Å². The second kappa shape index (κ2) is 7.95. The summed E-state index contributed by atoms with van der Waals surface area (Å²) in [4.78, 5) is 10.7. The Kier molecular flexibility index (Phi) is 6.58. The van der Waals surface area contributed by atoms with Crippen molar-refractivity contribution in [2.45, 2.75) is 31.1 Å². The molecule has 5 nitrogen and oxygen atoms in total. The lowest BCUT2D eigenvalue weighted by Crippen LogP contribution is -2.32. The van der Waals surface area contributed by atoms with Crippen molar-refractivity contribution < 1.29 is 18.3 Å². The number of carboxylic acid groups (broad SMARTS) is 1. The molecule has 0 heterocycles. The molecule has 116 valence electrons. The minimum Gasteiger partial charge on any atom is -0.481 e. The summed E-state index contributed by atoms with van der Waals surface area (Å²) in [7, 11) is -3.53. The van der Waals surface area contributed by atoms with Gasteiger partial charge in [-0.15, -0.1) is 6.58 Å². The molecule has 0 saturated carbocycles. The largest absolute Gasteiger partial charge is 0.481 e. The molecule has 0 fully saturated rings. The van der Waals surface area contributed by atoms with Gasteiger partial charge in [-0.3, -0.25) is 4.79 Å². The smallest absolute Gasteiger partial charge is 0.303 e. The molecular formula is C15H21NO4S. The van der Waals surface area contributed by atoms with Gasteiger partial charge in [0.25, 0.3) is 0 Å². The standard InChI is InChI=1S/C15H21NO4S/c1-3-11-16(12-4-2)21(19,20)14-8-5-13(6-9-14)7-10-15(17)18/h3,5-6,8-9H,1,4,7,10-12H2,2H3,(H,17,18). The first-order valence-corrected chi connectivity index (χ1v) is 8.27. The Morgan fingerprint density at radius 1 is 1.33 bits per heavy atom. The first-order valence-electron chi connectivity index (χ1n) is 6.83. The van der Waals surface area contributed by atoms with E-state index in [0.717, 1.165) is 12.0 Å². The first-order chi connectivity index (χ1) is 9.91. The Bertz CT molecular complexity index is 578. The van der Waals surface area contributed by atoms with Crippen molar-refractivity contribution in [3.8, 4) is 0 Å². The third-order valence-electron chi connectivity index (χ3n) is 2.99. The first kappa shape index (κ1) is 17.4. The predicted molar refractivity (Wildman–Crippen MR) is 81.6 cm³/mol. The maximum atomic E-state index is 12.5. The van der Waals surface area contributed by atoms with Crippen molar-refractivity contribution in [3.63, 3.8) is 0 Å². The Labute approximate surface area is 126 Å². The number of aliphatic carboxylic acids is 1. The summed E-state index contributed by atoms with van der Waals surface area (Å²) in [6.45, 7) is 6.21. The lowest BCUT2D eigenvalue weighted by Gasteiger charge is -2.20. The molecule has 21 heavy (non-hydrogen) atoms. The van der Waals surface area contributed by atoms with E-state index in [1.54, 1.807) is 18.2 Å². The zero-order valence-electron chi connectivity index (χ0n) is 12.2. The lowest BCUT2D eigenvalue weighted by molar-refractivity contribution is -0.136. The highest BCUT2D eigenvalue weighted by Crippen LogP contribution is 2.17. The Balaban J connectivity index is 2.92. The van der Waals surface area contributed by atoms with Gasteiger partial charge in [0.2, 0.25) is 10.0 Å². The molecule has 1 N–H and O–H groups in total. The minimum absolute atomic E-state index is 0.0323. The summed E-state index contributed by atoms with van der Waals surface area (Å²) in [5.74, 6) is -0.869. The summed E-state index contributed by atoms with van der Waals surface area (Å²) in [5, 5.41) is 8.64. The molecule has 0 aliphatic rings. The van der Waals surface area contributed by atoms with Crippen LogP contribution < -0.4 is 0 Å². The average Bonchev–Trinajstić information content (AvgIpc) is 2.45. The van der Waals surface area contributed by atoms with Crippen molar-refractivity contribution in [2.75, 3.05) is 13.1 Å². The zero-order valence-corrected chi connectivity index (χ0v) is 13.0. The molecule has 0 aliphatic heterocycles. The quantitative estimate of drug-likeness (QED) is 0.710. The topological polar surface area (TPSA) is 74.7 Å². The van der Waals surface area contributed by atoms with Crippen molar-refractivity contribution in [1.82, 2.24) is 4.31 Å². The van der Waals surface area contributed by atoms with Gasteiger partial charge < -0.3 is 5.11 Å². The molecule has 0 atom stereocenters. The van der Waals surface area contributed by atoms with Crippen molar-refractivity contribution in [1.29, 1.82) is 0 Å². The van der Waals surface area contributed by atoms with Gasteiger partial charge in [0.1, 0.15) is 0 Å². The summed E-state index contributed by atoms with van der Waals surface area (Å²) in [6, 6.07) is 6.37. The highest BCUT2D eigenvalue weighted by molar-refractivity contribution is 7.89. The van der Waals surface area contributed by atoms with Crippen molar-refractivity contribution in [2.24, 2.45) is 0 Å². The highest BCUT2D eigenvalue weighted by atomic mass is 32.2. The van der Waals surface area contributed by atoms with E-state index in [0.29, 0.717) is 13.0 Å². The minimum atomic E-state index is -3.53. The van der Waals surface area contributed by atoms with Crippen LogP contribution in [0.2, 0.25) is 0 Å². The second-order valence-corrected chi connectivity index (χ2v) is 6.63. The lowest BCUT2D eigenvalue weighted by atomic mass is 10.1. The number of nitrogens with zero attached hydrogens (tertiary/aromatic N) is 1. The number of benzene rings is 1. The fraction of sp³-hybridized carbons (Fsp3) is 0.400. The zero-order chi connectivity index (χ0) is 15.9. The number of aryl methyl sites for hydroxylation is 1. The van der Waals surface area contributed by atoms with Crippen LogP contribution in [0.25, 0.3) is 0 Å². The van der Waals surface area contributed by atoms with Crippen LogP contribution in [0, 0.1) is 0 Å². The van der Waals surface area contributed by atoms with Crippen LogP contribution in [0.5, 0.6) is 0 Å². The van der Waals surface area contributed by atoms with E-state index >= 15 is 0 Å². The number of carbonyl (C=O) groups is 1. The number of sulfonamides is 1. The van der Waals surface area contributed by atoms with Gasteiger partial charge in [0.05, 0.1) is 4.90 Å². The number of rotatable bonds is 9. The molecule has 1 rings (SSSR count). The van der Waals surface area contributed by atoms with Crippen LogP contribution in [-0.2, 0) is 21.2 Å². The SMILES string of the molecule is C=CCN(CCC)S(=O)(=O)c1ccc(CCC(=O)O)cc1. The van der Waals surface area contributed by atoms with Crippen molar-refractivity contribution in [3.05, 3.63) is 42.5 Å². The van der Waals surface area contributed by atoms with Gasteiger partial charge in [-0.25, -0.2) is 8.42 Å². The Morgan fingerprint density at radius 2 is 1.95 bits per heavy atom. The van der Waals surface area contributed by atoms with E-state index in [2.05, 4.69) is 6.58 Å². The molecule has 0 bridgehead atoms. The molecule has 0 aliphatic carbocycles. The number of carboxylic acids is 1. The van der Waals surface area contributed by atoms with Crippen LogP contribution in [-0.4, -0.2) is 36.9 Å². The van der Waals surface area contributed by atoms with Gasteiger partial charge in [-0.05, 0) is 30.5 Å². The third-order valence-corrected chi connectivity index (χ3v) is 4.87. The number of hydrogen-bond donors (Lipinski definition) is 1. The number of hydrogen-bond acceptors (Lipinski definition) is 3. The van der Waals surface area contributed by atoms with Gasteiger partial charge in [0.15, 0.2) is 0 Å². The van der Waals surface area contributed by atoms with E-state index in [9.17, 15) is 13.2 Å². The van der Waals surface area contributed by atoms with Gasteiger partial charge in [0, 0.05) is 19.5 Å². The molecule has 0 radical (unpaired) electrons. The summed E-state index contributed by atoms with van der Waals surface area (Å²) in [6.07, 6.45) is 2.71. The molecule has 6 heteroatoms. The van der Waals surface area contributed by atoms with Crippen LogP contribution in [0.4, 0.5) is 0 Å². The monoisotopic (exact) mass is 311 g/mol. The summed E-state index contributed by atoms with van der Waals surface area (Å²) >= 11 is 0. The predicted octanol–water partition coefficient (Wildman–Crippen LogP) is 2.29. The maximum Gasteiger partial charge on any atom is 0.303 e. The van der Waals surface area contributed by atoms with Crippen LogP contribution in [0.15, 0.2) is 41.8 Å². The Hall–Kier alpha value is -1.66. The van der Waals surface area contributed by atoms with E-state index in [4.69, 9.17) is 5.11 Å². The molecule has 1 aromatic rings. The van der Waals surface area contributed by atoms with Crippen LogP contribution >= 0.6 is 0 Å². The van der Waals surface area contributed by atoms with Gasteiger partial charge in [-0.2, -0.15) is 4.31 Å². The molecule has 0 unspecified atom stereocenters. The molecule has 1 aromatic carbocycles. The van der Waals surface area contributed by atoms with Crippen LogP contribution in [0.1, 0.15) is 25.3 Å². The van der Waals surface area contributed by atoms with E-state index in [-0.39, 0.29) is 17.9 Å². The normalized spacial score (nSPS) is 11.5.